The maximum atomic E-state index is 12.0. The molecule has 0 saturated heterocycles. The molecule has 4 aliphatic carbocycles. The molecule has 0 aromatic heterocycles. The van der Waals surface area contributed by atoms with E-state index in [0.29, 0.717) is 25.2 Å². The fourth-order valence-corrected chi connectivity index (χ4v) is 8.95. The average Bonchev–Trinajstić information content (AvgIpc) is 3.11. The summed E-state index contributed by atoms with van der Waals surface area (Å²) in [5.74, 6) is 0.265. The van der Waals surface area contributed by atoms with Crippen LogP contribution in [0, 0.1) is 46.3 Å². The van der Waals surface area contributed by atoms with Crippen LogP contribution in [-0.4, -0.2) is 57.2 Å². The Morgan fingerprint density at radius 2 is 1.76 bits per heavy atom. The summed E-state index contributed by atoms with van der Waals surface area (Å²) < 4.78 is 0. The molecule has 0 heterocycles. The molecule has 7 heteroatoms. The van der Waals surface area contributed by atoms with Crippen molar-refractivity contribution in [3.8, 4) is 0 Å². The van der Waals surface area contributed by atoms with Gasteiger partial charge in [-0.15, -0.1) is 0 Å². The molecule has 4 aliphatic rings. The van der Waals surface area contributed by atoms with Gasteiger partial charge in [-0.3, -0.25) is 9.59 Å². The summed E-state index contributed by atoms with van der Waals surface area (Å²) in [6, 6.07) is 0. The third-order valence-corrected chi connectivity index (χ3v) is 10.8. The van der Waals surface area contributed by atoms with Crippen LogP contribution in [-0.2, 0) is 9.59 Å². The zero-order chi connectivity index (χ0) is 24.1. The zero-order valence-corrected chi connectivity index (χ0v) is 20.4. The molecular weight excluding hydrogens is 422 g/mol. The van der Waals surface area contributed by atoms with Crippen molar-refractivity contribution in [2.45, 2.75) is 96.9 Å². The summed E-state index contributed by atoms with van der Waals surface area (Å²) in [6.07, 6.45) is 5.86. The van der Waals surface area contributed by atoms with E-state index in [-0.39, 0.29) is 65.1 Å². The first kappa shape index (κ1) is 24.9. The minimum Gasteiger partial charge on any atom is -0.480 e. The van der Waals surface area contributed by atoms with Gasteiger partial charge in [-0.2, -0.15) is 0 Å². The number of aliphatic hydroxyl groups is 3. The van der Waals surface area contributed by atoms with Gasteiger partial charge in [-0.05, 0) is 97.7 Å². The highest BCUT2D eigenvalue weighted by Gasteiger charge is 2.65. The first-order valence-corrected chi connectivity index (χ1v) is 13.0. The number of amides is 1. The van der Waals surface area contributed by atoms with Crippen LogP contribution < -0.4 is 5.32 Å². The average molecular weight is 466 g/mol. The summed E-state index contributed by atoms with van der Waals surface area (Å²) in [6.45, 7) is 6.35. The van der Waals surface area contributed by atoms with Gasteiger partial charge in [0.1, 0.15) is 6.54 Å². The molecule has 0 aromatic carbocycles. The van der Waals surface area contributed by atoms with E-state index in [0.717, 1.165) is 38.5 Å². The number of aliphatic carboxylic acids is 1. The van der Waals surface area contributed by atoms with E-state index in [1.54, 1.807) is 0 Å². The van der Waals surface area contributed by atoms with Gasteiger partial charge in [0.15, 0.2) is 0 Å². The highest BCUT2D eigenvalue weighted by molar-refractivity contribution is 5.81. The van der Waals surface area contributed by atoms with Gasteiger partial charge in [0.05, 0.1) is 18.3 Å². The molecule has 33 heavy (non-hydrogen) atoms. The fourth-order valence-electron chi connectivity index (χ4n) is 8.95. The van der Waals surface area contributed by atoms with Crippen LogP contribution in [0.3, 0.4) is 0 Å². The molecule has 0 aromatic rings. The van der Waals surface area contributed by atoms with Crippen molar-refractivity contribution in [1.82, 2.24) is 5.32 Å². The Labute approximate surface area is 197 Å². The summed E-state index contributed by atoms with van der Waals surface area (Å²) in [4.78, 5) is 22.7. The quantitative estimate of drug-likeness (QED) is 0.410. The first-order chi connectivity index (χ1) is 15.5. The van der Waals surface area contributed by atoms with Crippen LogP contribution in [0.15, 0.2) is 0 Å². The van der Waals surface area contributed by atoms with Crippen molar-refractivity contribution < 1.29 is 30.0 Å². The minimum absolute atomic E-state index is 0.0668. The third kappa shape index (κ3) is 4.23. The number of rotatable bonds is 6. The number of aliphatic hydroxyl groups excluding tert-OH is 3. The van der Waals surface area contributed by atoms with Gasteiger partial charge in [0.25, 0.3) is 0 Å². The topological polar surface area (TPSA) is 127 Å². The molecule has 0 aliphatic heterocycles. The lowest BCUT2D eigenvalue weighted by molar-refractivity contribution is -0.207. The Hall–Kier alpha value is -1.18. The largest absolute Gasteiger partial charge is 0.480 e. The highest BCUT2D eigenvalue weighted by atomic mass is 16.4. The molecule has 4 saturated carbocycles. The number of carboxylic acid groups (broad SMARTS) is 1. The van der Waals surface area contributed by atoms with Gasteiger partial charge in [0, 0.05) is 6.42 Å². The molecule has 0 unspecified atom stereocenters. The second-order valence-electron chi connectivity index (χ2n) is 12.2. The lowest BCUT2D eigenvalue weighted by Crippen LogP contribution is -2.62. The number of hydrogen-bond acceptors (Lipinski definition) is 5. The van der Waals surface area contributed by atoms with Crippen molar-refractivity contribution in [3.63, 3.8) is 0 Å². The monoisotopic (exact) mass is 465 g/mol. The first-order valence-electron chi connectivity index (χ1n) is 13.0. The lowest BCUT2D eigenvalue weighted by Gasteiger charge is -2.63. The molecule has 188 valence electrons. The van der Waals surface area contributed by atoms with Crippen molar-refractivity contribution in [1.29, 1.82) is 0 Å². The van der Waals surface area contributed by atoms with E-state index in [9.17, 15) is 24.9 Å². The van der Waals surface area contributed by atoms with Crippen LogP contribution in [0.5, 0.6) is 0 Å². The number of carbonyl (C=O) groups excluding carboxylic acids is 1. The van der Waals surface area contributed by atoms with E-state index in [4.69, 9.17) is 5.11 Å². The summed E-state index contributed by atoms with van der Waals surface area (Å²) in [5, 5.41) is 44.4. The number of carbonyl (C=O) groups is 2. The second-order valence-corrected chi connectivity index (χ2v) is 12.2. The van der Waals surface area contributed by atoms with E-state index < -0.39 is 12.1 Å². The maximum absolute atomic E-state index is 12.0. The predicted octanol–water partition coefficient (Wildman–Crippen LogP) is 2.56. The Balaban J connectivity index is 1.49. The van der Waals surface area contributed by atoms with E-state index in [1.165, 1.54) is 0 Å². The number of hydrogen-bond donors (Lipinski definition) is 5. The molecule has 1 amide bonds. The predicted molar refractivity (Wildman–Crippen MR) is 123 cm³/mol. The van der Waals surface area contributed by atoms with E-state index in [1.807, 2.05) is 0 Å². The Morgan fingerprint density at radius 3 is 2.45 bits per heavy atom. The molecule has 11 atom stereocenters. The van der Waals surface area contributed by atoms with Crippen molar-refractivity contribution >= 4 is 11.9 Å². The van der Waals surface area contributed by atoms with Crippen molar-refractivity contribution in [3.05, 3.63) is 0 Å². The van der Waals surface area contributed by atoms with Crippen LogP contribution in [0.4, 0.5) is 0 Å². The van der Waals surface area contributed by atoms with Crippen LogP contribution in [0.2, 0.25) is 0 Å². The molecule has 0 radical (unpaired) electrons. The summed E-state index contributed by atoms with van der Waals surface area (Å²) >= 11 is 0. The molecule has 4 rings (SSSR count). The summed E-state index contributed by atoms with van der Waals surface area (Å²) in [5.41, 5.74) is -0.214. The molecule has 0 bridgehead atoms. The van der Waals surface area contributed by atoms with Gasteiger partial charge >= 0.3 is 5.97 Å². The van der Waals surface area contributed by atoms with Gasteiger partial charge in [-0.25, -0.2) is 0 Å². The lowest BCUT2D eigenvalue weighted by atomic mass is 9.43. The smallest absolute Gasteiger partial charge is 0.322 e. The third-order valence-electron chi connectivity index (χ3n) is 10.8. The standard InChI is InChI=1S/C26H43NO6/c1-14(4-7-22(31)27-13-23(32)33)17-5-6-18-24-19(12-21(30)26(17,18)3)25(2)9-8-16(28)10-15(25)11-20(24)29/h14-21,24,28-30H,4-13H2,1-3H3,(H,27,31)(H,32,33)/t14-,15-,16-,17-,18+,19+,20-,21+,24+,25+,26-/m1/s1. The molecule has 5 N–H and O–H groups in total. The van der Waals surface area contributed by atoms with Gasteiger partial charge < -0.3 is 25.7 Å². The number of carboxylic acids is 1. The van der Waals surface area contributed by atoms with Crippen molar-refractivity contribution in [2.24, 2.45) is 46.3 Å². The van der Waals surface area contributed by atoms with Crippen molar-refractivity contribution in [2.75, 3.05) is 6.54 Å². The van der Waals surface area contributed by atoms with E-state index in [2.05, 4.69) is 26.1 Å². The highest BCUT2D eigenvalue weighted by Crippen LogP contribution is 2.68. The van der Waals surface area contributed by atoms with Gasteiger partial charge in [0.2, 0.25) is 5.91 Å². The van der Waals surface area contributed by atoms with E-state index >= 15 is 0 Å². The van der Waals surface area contributed by atoms with Gasteiger partial charge in [-0.1, -0.05) is 20.8 Å². The fraction of sp³-hybridized carbons (Fsp3) is 0.923. The normalized spacial score (nSPS) is 47.7. The molecule has 7 nitrogen and oxygen atoms in total. The molecular formula is C26H43NO6. The molecule has 4 fully saturated rings. The zero-order valence-electron chi connectivity index (χ0n) is 20.4. The van der Waals surface area contributed by atoms with Crippen LogP contribution in [0.1, 0.15) is 78.6 Å². The SMILES string of the molecule is C[C@H](CCC(=O)NCC(=O)O)[C@H]1CC[C@H]2[C@@H]3[C@H](O)C[C@H]4C[C@H](O)CC[C@]4(C)[C@H]3C[C@H](O)[C@]12C. The number of nitrogens with one attached hydrogen (secondary N) is 1. The Morgan fingerprint density at radius 1 is 1.03 bits per heavy atom. The maximum Gasteiger partial charge on any atom is 0.322 e. The summed E-state index contributed by atoms with van der Waals surface area (Å²) in [7, 11) is 0. The van der Waals surface area contributed by atoms with Crippen LogP contribution in [0.25, 0.3) is 0 Å². The Bertz CT molecular complexity index is 759. The Kier molecular flexibility index (Phi) is 6.89. The second kappa shape index (κ2) is 9.12. The molecule has 0 spiro atoms. The number of fused-ring (bicyclic) bond motifs is 5. The van der Waals surface area contributed by atoms with Crippen LogP contribution >= 0.6 is 0 Å². The minimum atomic E-state index is -1.04.